The summed E-state index contributed by atoms with van der Waals surface area (Å²) in [5.41, 5.74) is 4.01. The summed E-state index contributed by atoms with van der Waals surface area (Å²) in [6, 6.07) is 14.7. The molecule has 1 amide bonds. The van der Waals surface area contributed by atoms with Gasteiger partial charge < -0.3 is 19.8 Å². The Morgan fingerprint density at radius 3 is 2.38 bits per heavy atom. The van der Waals surface area contributed by atoms with E-state index in [1.54, 1.807) is 20.3 Å². The average Bonchev–Trinajstić information content (AvgIpc) is 3.22. The fraction of sp³-hybridized carbons (Fsp3) is 0.130. The highest BCUT2D eigenvalue weighted by Crippen LogP contribution is 2.33. The number of aromatic amines is 1. The fourth-order valence-electron chi connectivity index (χ4n) is 3.31. The first-order chi connectivity index (χ1) is 15.4. The van der Waals surface area contributed by atoms with Gasteiger partial charge in [0.05, 0.1) is 30.2 Å². The molecule has 0 atom stereocenters. The number of carbonyl (C=O) groups excluding carboxylic acids is 1. The zero-order valence-electron chi connectivity index (χ0n) is 17.6. The number of nitrogens with one attached hydrogen (secondary N) is 2. The average molecular weight is 432 g/mol. The summed E-state index contributed by atoms with van der Waals surface area (Å²) in [5.74, 6) is 1.44. The normalized spacial score (nSPS) is 10.7. The second kappa shape index (κ2) is 8.38. The highest BCUT2D eigenvalue weighted by atomic mass is 16.6. The Bertz CT molecular complexity index is 1290. The summed E-state index contributed by atoms with van der Waals surface area (Å²) < 4.78 is 10.7. The largest absolute Gasteiger partial charge is 0.493 e. The van der Waals surface area contributed by atoms with Gasteiger partial charge in [-0.15, -0.1) is 0 Å². The number of carbonyl (C=O) groups is 1. The number of fused-ring (bicyclic) bond motifs is 1. The predicted molar refractivity (Wildman–Crippen MR) is 120 cm³/mol. The van der Waals surface area contributed by atoms with Gasteiger partial charge in [-0.3, -0.25) is 14.9 Å². The lowest BCUT2D eigenvalue weighted by Gasteiger charge is -2.10. The summed E-state index contributed by atoms with van der Waals surface area (Å²) >= 11 is 0. The Kier molecular flexibility index (Phi) is 5.46. The van der Waals surface area contributed by atoms with E-state index in [9.17, 15) is 14.9 Å². The number of non-ortho nitro benzene ring substituents is 1. The highest BCUT2D eigenvalue weighted by Gasteiger charge is 2.14. The highest BCUT2D eigenvalue weighted by molar-refractivity contribution is 6.05. The van der Waals surface area contributed by atoms with Crippen LogP contribution in [0.25, 0.3) is 22.4 Å². The van der Waals surface area contributed by atoms with Crippen molar-refractivity contribution in [3.8, 4) is 22.9 Å². The van der Waals surface area contributed by atoms with E-state index in [4.69, 9.17) is 9.47 Å². The van der Waals surface area contributed by atoms with Crippen LogP contribution in [0.5, 0.6) is 11.5 Å². The minimum Gasteiger partial charge on any atom is -0.493 e. The molecule has 0 radical (unpaired) electrons. The van der Waals surface area contributed by atoms with Crippen LogP contribution in [0, 0.1) is 17.0 Å². The number of nitrogens with zero attached hydrogens (tertiary/aromatic N) is 2. The number of aromatic nitrogens is 2. The van der Waals surface area contributed by atoms with Crippen molar-refractivity contribution >= 4 is 28.3 Å². The number of imidazole rings is 1. The number of aryl methyl sites for hydroxylation is 1. The standard InChI is InChI=1S/C23H20N4O5/c1-13-4-5-15(22-24-18-11-20(31-2)21(32-3)12-19(18)25-22)10-17(13)26-23(28)14-6-8-16(9-7-14)27(29)30/h4-12H,1-3H3,(H,24,25)(H,26,28). The summed E-state index contributed by atoms with van der Waals surface area (Å²) in [6.45, 7) is 1.88. The SMILES string of the molecule is COc1cc2nc(-c3ccc(C)c(NC(=O)c4ccc([N+](=O)[O-])cc4)c3)[nH]c2cc1OC. The molecule has 0 unspecified atom stereocenters. The number of nitro groups is 1. The Morgan fingerprint density at radius 2 is 1.72 bits per heavy atom. The lowest BCUT2D eigenvalue weighted by Crippen LogP contribution is -2.12. The quantitative estimate of drug-likeness (QED) is 0.336. The third kappa shape index (κ3) is 3.95. The number of H-pyrrole nitrogens is 1. The van der Waals surface area contributed by atoms with Crippen LogP contribution < -0.4 is 14.8 Å². The van der Waals surface area contributed by atoms with Crippen LogP contribution in [-0.2, 0) is 0 Å². The first-order valence-electron chi connectivity index (χ1n) is 9.68. The number of methoxy groups -OCH3 is 2. The molecule has 9 nitrogen and oxygen atoms in total. The maximum atomic E-state index is 12.6. The van der Waals surface area contributed by atoms with E-state index in [1.165, 1.54) is 24.3 Å². The second-order valence-corrected chi connectivity index (χ2v) is 7.10. The van der Waals surface area contributed by atoms with Gasteiger partial charge >= 0.3 is 0 Å². The molecule has 0 saturated carbocycles. The monoisotopic (exact) mass is 432 g/mol. The van der Waals surface area contributed by atoms with E-state index in [0.29, 0.717) is 28.6 Å². The van der Waals surface area contributed by atoms with Gasteiger partial charge in [0.2, 0.25) is 0 Å². The molecule has 0 spiro atoms. The van der Waals surface area contributed by atoms with E-state index in [1.807, 2.05) is 31.2 Å². The molecule has 0 aliphatic heterocycles. The molecule has 0 fully saturated rings. The number of hydrogen-bond donors (Lipinski definition) is 2. The van der Waals surface area contributed by atoms with Crippen LogP contribution in [0.15, 0.2) is 54.6 Å². The van der Waals surface area contributed by atoms with Crippen molar-refractivity contribution in [3.05, 3.63) is 75.8 Å². The van der Waals surface area contributed by atoms with Crippen LogP contribution in [0.3, 0.4) is 0 Å². The lowest BCUT2D eigenvalue weighted by molar-refractivity contribution is -0.384. The third-order valence-corrected chi connectivity index (χ3v) is 5.09. The van der Waals surface area contributed by atoms with Crippen molar-refractivity contribution in [1.29, 1.82) is 0 Å². The molecule has 3 aromatic carbocycles. The molecule has 1 aromatic heterocycles. The zero-order chi connectivity index (χ0) is 22.8. The Balaban J connectivity index is 1.63. The Labute approximate surface area is 183 Å². The second-order valence-electron chi connectivity index (χ2n) is 7.10. The first kappa shape index (κ1) is 20.9. The minimum absolute atomic E-state index is 0.0714. The van der Waals surface area contributed by atoms with Crippen molar-refractivity contribution < 1.29 is 19.2 Å². The molecule has 0 aliphatic rings. The molecule has 1 heterocycles. The van der Waals surface area contributed by atoms with E-state index in [0.717, 1.165) is 22.2 Å². The van der Waals surface area contributed by atoms with Crippen LogP contribution in [0.1, 0.15) is 15.9 Å². The lowest BCUT2D eigenvalue weighted by atomic mass is 10.1. The van der Waals surface area contributed by atoms with Gasteiger partial charge in [0.25, 0.3) is 11.6 Å². The molecule has 9 heteroatoms. The molecule has 0 saturated heterocycles. The molecule has 4 aromatic rings. The number of benzene rings is 3. The topological polar surface area (TPSA) is 119 Å². The van der Waals surface area contributed by atoms with E-state index in [2.05, 4.69) is 15.3 Å². The first-order valence-corrected chi connectivity index (χ1v) is 9.68. The number of rotatable bonds is 6. The van der Waals surface area contributed by atoms with Crippen LogP contribution >= 0.6 is 0 Å². The van der Waals surface area contributed by atoms with Gasteiger partial charge in [0.15, 0.2) is 11.5 Å². The number of ether oxygens (including phenoxy) is 2. The van der Waals surface area contributed by atoms with Gasteiger partial charge in [0, 0.05) is 41.1 Å². The number of anilines is 1. The zero-order valence-corrected chi connectivity index (χ0v) is 17.6. The van der Waals surface area contributed by atoms with Crippen molar-refractivity contribution in [2.75, 3.05) is 19.5 Å². The van der Waals surface area contributed by atoms with Crippen LogP contribution in [0.2, 0.25) is 0 Å². The third-order valence-electron chi connectivity index (χ3n) is 5.09. The summed E-state index contributed by atoms with van der Waals surface area (Å²) in [6.07, 6.45) is 0. The Morgan fingerprint density at radius 1 is 1.03 bits per heavy atom. The molecule has 162 valence electrons. The van der Waals surface area contributed by atoms with Crippen LogP contribution in [0.4, 0.5) is 11.4 Å². The molecule has 2 N–H and O–H groups in total. The maximum Gasteiger partial charge on any atom is 0.269 e. The van der Waals surface area contributed by atoms with Gasteiger partial charge in [-0.05, 0) is 30.7 Å². The van der Waals surface area contributed by atoms with Gasteiger partial charge in [0.1, 0.15) is 5.82 Å². The van der Waals surface area contributed by atoms with E-state index >= 15 is 0 Å². The molecule has 32 heavy (non-hydrogen) atoms. The molecule has 0 bridgehead atoms. The Hall–Kier alpha value is -4.40. The molecule has 4 rings (SSSR count). The van der Waals surface area contributed by atoms with Gasteiger partial charge in [-0.25, -0.2) is 4.98 Å². The summed E-state index contributed by atoms with van der Waals surface area (Å²) in [7, 11) is 3.14. The maximum absolute atomic E-state index is 12.6. The predicted octanol–water partition coefficient (Wildman–Crippen LogP) is 4.72. The van der Waals surface area contributed by atoms with Crippen LogP contribution in [-0.4, -0.2) is 35.0 Å². The van der Waals surface area contributed by atoms with Crippen molar-refractivity contribution in [1.82, 2.24) is 9.97 Å². The molecular formula is C23H20N4O5. The molecular weight excluding hydrogens is 412 g/mol. The molecule has 0 aliphatic carbocycles. The van der Waals surface area contributed by atoms with Crippen molar-refractivity contribution in [3.63, 3.8) is 0 Å². The van der Waals surface area contributed by atoms with Crippen molar-refractivity contribution in [2.24, 2.45) is 0 Å². The minimum atomic E-state index is -0.506. The fourth-order valence-corrected chi connectivity index (χ4v) is 3.31. The van der Waals surface area contributed by atoms with Gasteiger partial charge in [-0.1, -0.05) is 12.1 Å². The van der Waals surface area contributed by atoms with E-state index < -0.39 is 4.92 Å². The number of nitro benzene ring substituents is 1. The summed E-state index contributed by atoms with van der Waals surface area (Å²) in [4.78, 5) is 30.8. The number of hydrogen-bond acceptors (Lipinski definition) is 6. The van der Waals surface area contributed by atoms with Gasteiger partial charge in [-0.2, -0.15) is 0 Å². The van der Waals surface area contributed by atoms with E-state index in [-0.39, 0.29) is 11.6 Å². The smallest absolute Gasteiger partial charge is 0.269 e. The summed E-state index contributed by atoms with van der Waals surface area (Å²) in [5, 5.41) is 13.7. The number of amides is 1. The van der Waals surface area contributed by atoms with Crippen molar-refractivity contribution in [2.45, 2.75) is 6.92 Å².